The Balaban J connectivity index is 0.00000225. The zero-order chi connectivity index (χ0) is 19.0. The van der Waals surface area contributed by atoms with Crippen molar-refractivity contribution in [1.82, 2.24) is 5.32 Å². The Kier molecular flexibility index (Phi) is 12.6. The van der Waals surface area contributed by atoms with Gasteiger partial charge in [-0.15, -0.1) is 5.69 Å². The van der Waals surface area contributed by atoms with Crippen LogP contribution in [-0.4, -0.2) is 23.0 Å². The summed E-state index contributed by atoms with van der Waals surface area (Å²) in [6, 6.07) is 14.2. The monoisotopic (exact) mass is 666 g/mol. The molecule has 2 aromatic rings. The van der Waals surface area contributed by atoms with Crippen molar-refractivity contribution in [3.05, 3.63) is 74.3 Å². The van der Waals surface area contributed by atoms with Crippen LogP contribution < -0.4 is 5.32 Å². The summed E-state index contributed by atoms with van der Waals surface area (Å²) in [7, 11) is 0. The van der Waals surface area contributed by atoms with Crippen LogP contribution in [-0.2, 0) is 63.4 Å². The topological polar surface area (TPSA) is 80.5 Å². The second-order valence-electron chi connectivity index (χ2n) is 7.52. The molecule has 0 aromatic heterocycles. The summed E-state index contributed by atoms with van der Waals surface area (Å²) in [5.74, 6) is -0.688. The number of rotatable bonds is 5. The van der Waals surface area contributed by atoms with Gasteiger partial charge in [-0.2, -0.15) is 0 Å². The van der Waals surface area contributed by atoms with Gasteiger partial charge in [-0.1, -0.05) is 61.4 Å². The summed E-state index contributed by atoms with van der Waals surface area (Å²) in [6.07, 6.45) is 2.11. The van der Waals surface area contributed by atoms with Crippen LogP contribution >= 0.6 is 0 Å². The number of nitrogens with zero attached hydrogens (tertiary/aromatic N) is 1. The van der Waals surface area contributed by atoms with Gasteiger partial charge in [0, 0.05) is 32.7 Å². The Morgan fingerprint density at radius 3 is 2.29 bits per heavy atom. The third kappa shape index (κ3) is 6.81. The van der Waals surface area contributed by atoms with Gasteiger partial charge in [-0.25, -0.2) is 0 Å². The molecule has 2 aromatic carbocycles. The molecule has 4 rings (SSSR count). The number of carbonyl (C=O) groups excluding carboxylic acids is 2. The Bertz CT molecular complexity index is 887. The fraction of sp³-hybridized carbons (Fsp3) is 0.333. The first-order valence-corrected chi connectivity index (χ1v) is 9.47. The molecule has 0 spiro atoms. The molecule has 2 N–H and O–H groups in total. The summed E-state index contributed by atoms with van der Waals surface area (Å²) in [5.41, 5.74) is 3.11. The fourth-order valence-corrected chi connectivity index (χ4v) is 3.73. The maximum Gasteiger partial charge on any atom is 2.00 e. The van der Waals surface area contributed by atoms with E-state index in [9.17, 15) is 14.7 Å². The number of aliphatic hydroxyl groups excluding tert-OH is 1. The average molecular weight is 666 g/mol. The van der Waals surface area contributed by atoms with E-state index in [1.165, 1.54) is 0 Å². The minimum Gasteiger partial charge on any atom is -0.624 e. The van der Waals surface area contributed by atoms with Crippen molar-refractivity contribution in [1.29, 1.82) is 0 Å². The molecule has 1 aliphatic carbocycles. The maximum absolute atomic E-state index is 12.9. The Hall–Kier alpha value is -0.868. The van der Waals surface area contributed by atoms with E-state index in [0.717, 1.165) is 29.5 Å². The number of hydrogen-bond donors (Lipinski definition) is 2. The van der Waals surface area contributed by atoms with E-state index in [1.807, 2.05) is 42.5 Å². The van der Waals surface area contributed by atoms with Crippen molar-refractivity contribution in [3.8, 4) is 11.1 Å². The van der Waals surface area contributed by atoms with Crippen molar-refractivity contribution in [3.63, 3.8) is 0 Å². The predicted octanol–water partition coefficient (Wildman–Crippen LogP) is 4.75. The second kappa shape index (κ2) is 13.0. The van der Waals surface area contributed by atoms with Gasteiger partial charge < -0.3 is 35.4 Å². The molecule has 0 saturated heterocycles. The first kappa shape index (κ1) is 30.1. The normalized spacial score (nSPS) is 17.9. The van der Waals surface area contributed by atoms with Crippen LogP contribution in [0.5, 0.6) is 0 Å². The molecular weight excluding hydrogens is 637 g/mol. The smallest absolute Gasteiger partial charge is 0.624 e. The van der Waals surface area contributed by atoms with Gasteiger partial charge in [0.2, 0.25) is 5.91 Å². The summed E-state index contributed by atoms with van der Waals surface area (Å²) >= 11 is 0. The summed E-state index contributed by atoms with van der Waals surface area (Å²) in [6.45, 7) is 1.63. The van der Waals surface area contributed by atoms with Crippen molar-refractivity contribution in [2.45, 2.75) is 38.3 Å². The zero-order valence-corrected chi connectivity index (χ0v) is 24.0. The van der Waals surface area contributed by atoms with Crippen LogP contribution in [0, 0.1) is 26.7 Å². The van der Waals surface area contributed by atoms with E-state index in [4.69, 9.17) is 0 Å². The number of para-hydroxylation sites is 1. The molecule has 5 nitrogen and oxygen atoms in total. The van der Waals surface area contributed by atoms with Gasteiger partial charge in [0.15, 0.2) is 0 Å². The third-order valence-corrected chi connectivity index (χ3v) is 5.43. The number of hydrogen-bond acceptors (Lipinski definition) is 3. The molecule has 7 heteroatoms. The minimum atomic E-state index is -0.846. The molecule has 1 heterocycles. The second-order valence-corrected chi connectivity index (χ2v) is 7.52. The van der Waals surface area contributed by atoms with Crippen molar-refractivity contribution < 1.29 is 68.5 Å². The summed E-state index contributed by atoms with van der Waals surface area (Å²) in [4.78, 5) is 25.8. The first-order chi connectivity index (χ1) is 13.0. The van der Waals surface area contributed by atoms with Gasteiger partial charge in [0.25, 0.3) is 0 Å². The van der Waals surface area contributed by atoms with Gasteiger partial charge >= 0.3 is 21.1 Å². The standard InChI is InChI=1S/C22H24N2O3.2CH3.W.Y/c1-13(25)18(12-14-10-11-14)21(26)24-20-17-8-3-2-6-15(17)16-7-4-5-9-19(16)23-22(20)27;;;;/h2-9,13-14,18,20,25H,10-12H2,1H3,(H2,23,24,26,27);2*1H3;;/q;2*-1;+2;/p-1/t13-,18+,20-;;;;/m0..../s1. The van der Waals surface area contributed by atoms with Crippen LogP contribution in [0.2, 0.25) is 0 Å². The molecule has 3 atom stereocenters. The van der Waals surface area contributed by atoms with Crippen molar-refractivity contribution >= 4 is 17.5 Å². The Labute approximate surface area is 225 Å². The van der Waals surface area contributed by atoms with Crippen molar-refractivity contribution in [2.75, 3.05) is 0 Å². The summed E-state index contributed by atoms with van der Waals surface area (Å²) in [5, 5.41) is 17.2. The predicted molar refractivity (Wildman–Crippen MR) is 116 cm³/mol. The number of amides is 2. The van der Waals surface area contributed by atoms with Crippen LogP contribution in [0.4, 0.5) is 5.69 Å². The van der Waals surface area contributed by atoms with E-state index in [0.29, 0.717) is 18.0 Å². The number of nitrogens with one attached hydrogen (secondary N) is 1. The molecule has 2 amide bonds. The van der Waals surface area contributed by atoms with Crippen LogP contribution in [0.3, 0.4) is 0 Å². The number of fused-ring (bicyclic) bond motifs is 3. The molecule has 163 valence electrons. The van der Waals surface area contributed by atoms with Gasteiger partial charge in [0.05, 0.1) is 24.0 Å². The molecule has 0 unspecified atom stereocenters. The van der Waals surface area contributed by atoms with E-state index in [2.05, 4.69) is 10.6 Å². The van der Waals surface area contributed by atoms with Gasteiger partial charge in [0.1, 0.15) is 0 Å². The molecule has 1 fully saturated rings. The SMILES string of the molecule is C[C@H](O)[C@@H](CC1CC1)C(=O)N[C@@H]1C(=O)[N-]c2ccccc2-c2ccccc21.[CH3-].[CH3-].[W+2].[Y]. The van der Waals surface area contributed by atoms with Crippen LogP contribution in [0.25, 0.3) is 16.4 Å². The largest absolute Gasteiger partial charge is 2.00 e. The van der Waals surface area contributed by atoms with Crippen LogP contribution in [0.1, 0.15) is 37.8 Å². The van der Waals surface area contributed by atoms with Gasteiger partial charge in [-0.05, 0) is 36.0 Å². The van der Waals surface area contributed by atoms with E-state index in [1.54, 1.807) is 13.0 Å². The zero-order valence-electron chi connectivity index (χ0n) is 18.2. The van der Waals surface area contributed by atoms with E-state index < -0.39 is 24.0 Å². The molecule has 0 bridgehead atoms. The Morgan fingerprint density at radius 1 is 1.10 bits per heavy atom. The maximum atomic E-state index is 12.9. The quantitative estimate of drug-likeness (QED) is 0.453. The third-order valence-electron chi connectivity index (χ3n) is 5.43. The molecule has 1 radical (unpaired) electrons. The first-order valence-electron chi connectivity index (χ1n) is 9.47. The fourth-order valence-electron chi connectivity index (χ4n) is 3.73. The van der Waals surface area contributed by atoms with Crippen LogP contribution in [0.15, 0.2) is 48.5 Å². The molecular formula is C24H29N2O3WY-. The molecule has 31 heavy (non-hydrogen) atoms. The minimum absolute atomic E-state index is 0. The number of benzene rings is 2. The van der Waals surface area contributed by atoms with Gasteiger partial charge in [-0.3, -0.25) is 4.79 Å². The molecule has 2 aliphatic rings. The molecule has 1 saturated carbocycles. The van der Waals surface area contributed by atoms with Crippen molar-refractivity contribution in [2.24, 2.45) is 11.8 Å². The Morgan fingerprint density at radius 2 is 1.68 bits per heavy atom. The summed E-state index contributed by atoms with van der Waals surface area (Å²) < 4.78 is 0. The molecule has 1 aliphatic heterocycles. The average Bonchev–Trinajstić information content (AvgIpc) is 3.48. The number of carbonyl (C=O) groups is 2. The van der Waals surface area contributed by atoms with E-state index >= 15 is 0 Å². The van der Waals surface area contributed by atoms with E-state index in [-0.39, 0.29) is 74.5 Å². The number of aliphatic hydroxyl groups is 1.